The highest BCUT2D eigenvalue weighted by atomic mass is 35.5. The van der Waals surface area contributed by atoms with Crippen LogP contribution >= 0.6 is 23.2 Å². The predicted octanol–water partition coefficient (Wildman–Crippen LogP) is 4.45. The molecule has 0 saturated carbocycles. The number of anilines is 2. The minimum Gasteiger partial charge on any atom is -0.369 e. The van der Waals surface area contributed by atoms with Crippen molar-refractivity contribution in [3.63, 3.8) is 0 Å². The molecule has 1 heterocycles. The van der Waals surface area contributed by atoms with E-state index in [9.17, 15) is 0 Å². The van der Waals surface area contributed by atoms with E-state index in [1.165, 1.54) is 12.8 Å². The number of nitrogens with one attached hydrogen (secondary N) is 1. The van der Waals surface area contributed by atoms with Gasteiger partial charge in [-0.1, -0.05) is 43.0 Å². The van der Waals surface area contributed by atoms with E-state index < -0.39 is 0 Å². The summed E-state index contributed by atoms with van der Waals surface area (Å²) in [4.78, 5) is 6.57. The number of unbranched alkanes of at least 4 members (excludes halogenated alkanes) is 2. The smallest absolute Gasteiger partial charge is 0.149 e. The Labute approximate surface area is 119 Å². The molecule has 0 aromatic carbocycles. The summed E-state index contributed by atoms with van der Waals surface area (Å²) in [6, 6.07) is 1.75. The van der Waals surface area contributed by atoms with E-state index in [0.29, 0.717) is 15.9 Å². The van der Waals surface area contributed by atoms with Gasteiger partial charge in [-0.25, -0.2) is 4.98 Å². The molecule has 0 saturated heterocycles. The van der Waals surface area contributed by atoms with Crippen molar-refractivity contribution in [1.29, 1.82) is 0 Å². The molecule has 102 valence electrons. The fourth-order valence-electron chi connectivity index (χ4n) is 1.72. The van der Waals surface area contributed by atoms with Crippen LogP contribution in [0.5, 0.6) is 0 Å². The molecule has 0 bridgehead atoms. The highest BCUT2D eigenvalue weighted by molar-refractivity contribution is 6.37. The summed E-state index contributed by atoms with van der Waals surface area (Å²) in [6.07, 6.45) is 3.57. The quantitative estimate of drug-likeness (QED) is 0.752. The van der Waals surface area contributed by atoms with Crippen molar-refractivity contribution in [2.45, 2.75) is 33.1 Å². The van der Waals surface area contributed by atoms with E-state index in [4.69, 9.17) is 23.2 Å². The standard InChI is InChI=1S/C13H21Cl2N3/c1-4-6-7-8-18(3)13-11(15)9-10(14)12(17-13)16-5-2/h9H,4-8H2,1-3H3,(H,16,17). The van der Waals surface area contributed by atoms with Gasteiger partial charge in [0, 0.05) is 20.1 Å². The third-order valence-corrected chi connectivity index (χ3v) is 3.28. The molecule has 0 aliphatic carbocycles. The Kier molecular flexibility index (Phi) is 6.58. The minimum absolute atomic E-state index is 0.563. The van der Waals surface area contributed by atoms with E-state index in [1.54, 1.807) is 6.07 Å². The molecule has 1 aromatic heterocycles. The van der Waals surface area contributed by atoms with Crippen LogP contribution < -0.4 is 10.2 Å². The first kappa shape index (κ1) is 15.4. The SMILES string of the molecule is CCCCCN(C)c1nc(NCC)c(Cl)cc1Cl. The molecule has 5 heteroatoms. The maximum absolute atomic E-state index is 6.19. The van der Waals surface area contributed by atoms with E-state index >= 15 is 0 Å². The van der Waals surface area contributed by atoms with Gasteiger partial charge in [0.05, 0.1) is 10.0 Å². The van der Waals surface area contributed by atoms with Crippen LogP contribution in [0.2, 0.25) is 10.0 Å². The van der Waals surface area contributed by atoms with Crippen molar-refractivity contribution in [1.82, 2.24) is 4.98 Å². The van der Waals surface area contributed by atoms with Gasteiger partial charge in [0.25, 0.3) is 0 Å². The third kappa shape index (κ3) is 4.21. The normalized spacial score (nSPS) is 10.5. The molecule has 0 aliphatic rings. The highest BCUT2D eigenvalue weighted by Gasteiger charge is 2.12. The van der Waals surface area contributed by atoms with Crippen LogP contribution in [0.15, 0.2) is 6.07 Å². The third-order valence-electron chi connectivity index (χ3n) is 2.71. The first-order chi connectivity index (χ1) is 8.60. The maximum atomic E-state index is 6.19. The predicted molar refractivity (Wildman–Crippen MR) is 81.2 cm³/mol. The van der Waals surface area contributed by atoms with Gasteiger partial charge in [-0.2, -0.15) is 0 Å². The van der Waals surface area contributed by atoms with Crippen LogP contribution in [-0.2, 0) is 0 Å². The summed E-state index contributed by atoms with van der Waals surface area (Å²) in [5.41, 5.74) is 0. The van der Waals surface area contributed by atoms with Gasteiger partial charge < -0.3 is 10.2 Å². The Morgan fingerprint density at radius 1 is 1.22 bits per heavy atom. The van der Waals surface area contributed by atoms with Crippen molar-refractivity contribution >= 4 is 34.8 Å². The lowest BCUT2D eigenvalue weighted by Crippen LogP contribution is -2.20. The van der Waals surface area contributed by atoms with Crippen molar-refractivity contribution in [2.24, 2.45) is 0 Å². The molecule has 1 N–H and O–H groups in total. The summed E-state index contributed by atoms with van der Waals surface area (Å²) >= 11 is 12.3. The Morgan fingerprint density at radius 2 is 1.94 bits per heavy atom. The zero-order valence-electron chi connectivity index (χ0n) is 11.3. The molecule has 1 rings (SSSR count). The second-order valence-corrected chi connectivity index (χ2v) is 5.10. The van der Waals surface area contributed by atoms with Crippen LogP contribution in [0.1, 0.15) is 33.1 Å². The zero-order chi connectivity index (χ0) is 13.5. The van der Waals surface area contributed by atoms with Crippen molar-refractivity contribution in [3.05, 3.63) is 16.1 Å². The van der Waals surface area contributed by atoms with Gasteiger partial charge in [0.15, 0.2) is 0 Å². The number of pyridine rings is 1. The summed E-state index contributed by atoms with van der Waals surface area (Å²) in [5, 5.41) is 4.30. The average molecular weight is 290 g/mol. The molecular formula is C13H21Cl2N3. The molecule has 0 spiro atoms. The molecule has 0 unspecified atom stereocenters. The lowest BCUT2D eigenvalue weighted by molar-refractivity contribution is 0.701. The molecule has 3 nitrogen and oxygen atoms in total. The molecule has 1 aromatic rings. The van der Waals surface area contributed by atoms with Gasteiger partial charge in [-0.05, 0) is 19.4 Å². The van der Waals surface area contributed by atoms with E-state index in [0.717, 1.165) is 25.3 Å². The molecule has 0 atom stereocenters. The fourth-order valence-corrected chi connectivity index (χ4v) is 2.29. The largest absolute Gasteiger partial charge is 0.369 e. The van der Waals surface area contributed by atoms with Crippen molar-refractivity contribution in [3.8, 4) is 0 Å². The first-order valence-electron chi connectivity index (χ1n) is 6.41. The maximum Gasteiger partial charge on any atom is 0.149 e. The van der Waals surface area contributed by atoms with Gasteiger partial charge in [-0.15, -0.1) is 0 Å². The lowest BCUT2D eigenvalue weighted by Gasteiger charge is -2.20. The fraction of sp³-hybridized carbons (Fsp3) is 0.615. The summed E-state index contributed by atoms with van der Waals surface area (Å²) in [5.74, 6) is 1.48. The van der Waals surface area contributed by atoms with Crippen LogP contribution in [-0.4, -0.2) is 25.1 Å². The van der Waals surface area contributed by atoms with Gasteiger partial charge in [0.2, 0.25) is 0 Å². The van der Waals surface area contributed by atoms with Crippen LogP contribution in [0, 0.1) is 0 Å². The Balaban J connectivity index is 2.83. The van der Waals surface area contributed by atoms with Gasteiger partial charge in [-0.3, -0.25) is 0 Å². The average Bonchev–Trinajstić information content (AvgIpc) is 2.33. The van der Waals surface area contributed by atoms with Crippen molar-refractivity contribution < 1.29 is 0 Å². The summed E-state index contributed by atoms with van der Waals surface area (Å²) in [7, 11) is 2.01. The second kappa shape index (κ2) is 7.70. The van der Waals surface area contributed by atoms with Gasteiger partial charge >= 0.3 is 0 Å². The van der Waals surface area contributed by atoms with E-state index in [2.05, 4.69) is 22.1 Å². The molecular weight excluding hydrogens is 269 g/mol. The van der Waals surface area contributed by atoms with Crippen LogP contribution in [0.25, 0.3) is 0 Å². The Hall–Kier alpha value is -0.670. The van der Waals surface area contributed by atoms with E-state index in [-0.39, 0.29) is 0 Å². The number of halogens is 2. The minimum atomic E-state index is 0.563. The monoisotopic (exact) mass is 289 g/mol. The van der Waals surface area contributed by atoms with Gasteiger partial charge in [0.1, 0.15) is 11.6 Å². The summed E-state index contributed by atoms with van der Waals surface area (Å²) < 4.78 is 0. The lowest BCUT2D eigenvalue weighted by atomic mass is 10.2. The Morgan fingerprint density at radius 3 is 2.56 bits per heavy atom. The molecule has 0 fully saturated rings. The number of hydrogen-bond donors (Lipinski definition) is 1. The van der Waals surface area contributed by atoms with Crippen LogP contribution in [0.4, 0.5) is 11.6 Å². The second-order valence-electron chi connectivity index (χ2n) is 4.28. The number of rotatable bonds is 7. The highest BCUT2D eigenvalue weighted by Crippen LogP contribution is 2.31. The van der Waals surface area contributed by atoms with Crippen molar-refractivity contribution in [2.75, 3.05) is 30.4 Å². The number of aromatic nitrogens is 1. The zero-order valence-corrected chi connectivity index (χ0v) is 12.8. The summed E-state index contributed by atoms with van der Waals surface area (Å²) in [6.45, 7) is 5.94. The van der Waals surface area contributed by atoms with E-state index in [1.807, 2.05) is 14.0 Å². The molecule has 0 radical (unpaired) electrons. The number of nitrogens with zero attached hydrogens (tertiary/aromatic N) is 2. The molecule has 18 heavy (non-hydrogen) atoms. The molecule has 0 aliphatic heterocycles. The number of hydrogen-bond acceptors (Lipinski definition) is 3. The molecule has 0 amide bonds. The Bertz CT molecular complexity index is 383. The van der Waals surface area contributed by atoms with Crippen LogP contribution in [0.3, 0.4) is 0 Å². The topological polar surface area (TPSA) is 28.2 Å². The first-order valence-corrected chi connectivity index (χ1v) is 7.16.